The summed E-state index contributed by atoms with van der Waals surface area (Å²) in [5, 5.41) is 0. The molecule has 0 saturated heterocycles. The number of fused-ring (bicyclic) bond motifs is 1. The van der Waals surface area contributed by atoms with Crippen LogP contribution in [0.25, 0.3) is 0 Å². The van der Waals surface area contributed by atoms with E-state index in [9.17, 15) is 0 Å². The highest BCUT2D eigenvalue weighted by atomic mass is 35.5. The Kier molecular flexibility index (Phi) is 3.21. The van der Waals surface area contributed by atoms with Gasteiger partial charge in [0.2, 0.25) is 11.9 Å². The first-order chi connectivity index (χ1) is 9.26. The van der Waals surface area contributed by atoms with Gasteiger partial charge in [-0.3, -0.25) is 0 Å². The van der Waals surface area contributed by atoms with Crippen molar-refractivity contribution < 1.29 is 0 Å². The first-order valence-corrected chi connectivity index (χ1v) is 6.68. The number of nitrogen functional groups attached to an aromatic ring is 1. The SMILES string of the molecule is Nc1nc(CCl)nc(N2CCc3ccccc3C2)n1. The first-order valence-electron chi connectivity index (χ1n) is 6.14. The summed E-state index contributed by atoms with van der Waals surface area (Å²) >= 11 is 5.76. The Labute approximate surface area is 116 Å². The molecule has 5 nitrogen and oxygen atoms in total. The van der Waals surface area contributed by atoms with Crippen LogP contribution in [-0.4, -0.2) is 21.5 Å². The predicted octanol–water partition coefficient (Wildman–Crippen LogP) is 1.76. The van der Waals surface area contributed by atoms with Crippen LogP contribution in [0.1, 0.15) is 17.0 Å². The molecule has 0 spiro atoms. The molecule has 0 atom stereocenters. The lowest BCUT2D eigenvalue weighted by atomic mass is 10.0. The van der Waals surface area contributed by atoms with Gasteiger partial charge in [-0.1, -0.05) is 24.3 Å². The van der Waals surface area contributed by atoms with Crippen LogP contribution in [-0.2, 0) is 18.8 Å². The molecule has 0 fully saturated rings. The van der Waals surface area contributed by atoms with Gasteiger partial charge in [0.15, 0.2) is 5.82 Å². The second-order valence-electron chi connectivity index (χ2n) is 4.48. The van der Waals surface area contributed by atoms with E-state index in [0.717, 1.165) is 19.5 Å². The summed E-state index contributed by atoms with van der Waals surface area (Å²) in [5.41, 5.74) is 8.38. The Bertz CT molecular complexity index is 601. The number of alkyl halides is 1. The summed E-state index contributed by atoms with van der Waals surface area (Å²) < 4.78 is 0. The van der Waals surface area contributed by atoms with Crippen LogP contribution in [0.15, 0.2) is 24.3 Å². The Morgan fingerprint density at radius 2 is 1.95 bits per heavy atom. The minimum atomic E-state index is 0.222. The number of nitrogens with zero attached hydrogens (tertiary/aromatic N) is 4. The number of aromatic nitrogens is 3. The van der Waals surface area contributed by atoms with Gasteiger partial charge in [-0.2, -0.15) is 15.0 Å². The third-order valence-electron chi connectivity index (χ3n) is 3.22. The van der Waals surface area contributed by atoms with Crippen LogP contribution in [0.2, 0.25) is 0 Å². The summed E-state index contributed by atoms with van der Waals surface area (Å²) in [5.74, 6) is 1.59. The molecule has 0 bridgehead atoms. The molecule has 2 aromatic rings. The maximum absolute atomic E-state index is 5.76. The third-order valence-corrected chi connectivity index (χ3v) is 3.46. The van der Waals surface area contributed by atoms with Crippen molar-refractivity contribution in [3.8, 4) is 0 Å². The normalized spacial score (nSPS) is 14.3. The summed E-state index contributed by atoms with van der Waals surface area (Å²) in [6.07, 6.45) is 0.984. The molecule has 1 aromatic carbocycles. The van der Waals surface area contributed by atoms with Crippen molar-refractivity contribution in [1.82, 2.24) is 15.0 Å². The van der Waals surface area contributed by atoms with E-state index in [2.05, 4.69) is 38.1 Å². The number of nitrogens with two attached hydrogens (primary N) is 1. The largest absolute Gasteiger partial charge is 0.368 e. The molecule has 19 heavy (non-hydrogen) atoms. The fourth-order valence-corrected chi connectivity index (χ4v) is 2.41. The molecule has 0 radical (unpaired) electrons. The summed E-state index contributed by atoms with van der Waals surface area (Å²) in [4.78, 5) is 14.6. The summed E-state index contributed by atoms with van der Waals surface area (Å²) in [6.45, 7) is 1.67. The number of rotatable bonds is 2. The van der Waals surface area contributed by atoms with Crippen molar-refractivity contribution in [3.05, 3.63) is 41.2 Å². The minimum Gasteiger partial charge on any atom is -0.368 e. The van der Waals surface area contributed by atoms with Gasteiger partial charge in [0.05, 0.1) is 5.88 Å². The highest BCUT2D eigenvalue weighted by Crippen LogP contribution is 2.22. The molecule has 6 heteroatoms. The summed E-state index contributed by atoms with van der Waals surface area (Å²) in [7, 11) is 0. The van der Waals surface area contributed by atoms with Crippen molar-refractivity contribution in [1.29, 1.82) is 0 Å². The molecule has 0 saturated carbocycles. The van der Waals surface area contributed by atoms with Gasteiger partial charge in [-0.25, -0.2) is 0 Å². The van der Waals surface area contributed by atoms with Crippen LogP contribution >= 0.6 is 11.6 Å². The molecule has 2 N–H and O–H groups in total. The highest BCUT2D eigenvalue weighted by Gasteiger charge is 2.19. The van der Waals surface area contributed by atoms with E-state index in [1.165, 1.54) is 11.1 Å². The van der Waals surface area contributed by atoms with E-state index >= 15 is 0 Å². The lowest BCUT2D eigenvalue weighted by molar-refractivity contribution is 0.701. The molecule has 1 aliphatic heterocycles. The molecule has 1 aromatic heterocycles. The van der Waals surface area contributed by atoms with Gasteiger partial charge in [0, 0.05) is 13.1 Å². The van der Waals surface area contributed by atoms with Crippen LogP contribution in [0.4, 0.5) is 11.9 Å². The van der Waals surface area contributed by atoms with Crippen molar-refractivity contribution in [3.63, 3.8) is 0 Å². The zero-order valence-electron chi connectivity index (χ0n) is 10.4. The molecular weight excluding hydrogens is 262 g/mol. The topological polar surface area (TPSA) is 67.9 Å². The van der Waals surface area contributed by atoms with Crippen molar-refractivity contribution in [2.24, 2.45) is 0 Å². The Hall–Kier alpha value is -1.88. The van der Waals surface area contributed by atoms with Gasteiger partial charge in [-0.15, -0.1) is 11.6 Å². The van der Waals surface area contributed by atoms with Gasteiger partial charge in [-0.05, 0) is 17.5 Å². The third kappa shape index (κ3) is 2.46. The first kappa shape index (κ1) is 12.2. The fourth-order valence-electron chi connectivity index (χ4n) is 2.29. The quantitative estimate of drug-likeness (QED) is 0.846. The van der Waals surface area contributed by atoms with E-state index in [4.69, 9.17) is 17.3 Å². The van der Waals surface area contributed by atoms with E-state index in [1.807, 2.05) is 6.07 Å². The van der Waals surface area contributed by atoms with Crippen LogP contribution in [0, 0.1) is 0 Å². The second kappa shape index (κ2) is 5.01. The fraction of sp³-hybridized carbons (Fsp3) is 0.308. The smallest absolute Gasteiger partial charge is 0.230 e. The zero-order valence-corrected chi connectivity index (χ0v) is 11.1. The molecule has 1 aliphatic rings. The van der Waals surface area contributed by atoms with Crippen molar-refractivity contribution >= 4 is 23.5 Å². The molecule has 3 rings (SSSR count). The van der Waals surface area contributed by atoms with Crippen LogP contribution in [0.5, 0.6) is 0 Å². The molecule has 0 unspecified atom stereocenters. The second-order valence-corrected chi connectivity index (χ2v) is 4.75. The molecule has 0 amide bonds. The monoisotopic (exact) mass is 275 g/mol. The van der Waals surface area contributed by atoms with Gasteiger partial charge in [0.25, 0.3) is 0 Å². The van der Waals surface area contributed by atoms with Crippen molar-refractivity contribution in [2.45, 2.75) is 18.8 Å². The number of hydrogen-bond acceptors (Lipinski definition) is 5. The Balaban J connectivity index is 1.90. The van der Waals surface area contributed by atoms with Gasteiger partial charge in [0.1, 0.15) is 0 Å². The van der Waals surface area contributed by atoms with E-state index in [0.29, 0.717) is 11.8 Å². The van der Waals surface area contributed by atoms with Crippen LogP contribution < -0.4 is 10.6 Å². The minimum absolute atomic E-state index is 0.222. The molecular formula is C13H14ClN5. The Morgan fingerprint density at radius 1 is 1.16 bits per heavy atom. The molecule has 98 valence electrons. The summed E-state index contributed by atoms with van der Waals surface area (Å²) in [6, 6.07) is 8.42. The maximum atomic E-state index is 5.76. The number of hydrogen-bond donors (Lipinski definition) is 1. The predicted molar refractivity (Wildman–Crippen MR) is 75.0 cm³/mol. The van der Waals surface area contributed by atoms with Gasteiger partial charge >= 0.3 is 0 Å². The molecule has 2 heterocycles. The number of benzene rings is 1. The van der Waals surface area contributed by atoms with E-state index in [-0.39, 0.29) is 11.8 Å². The highest BCUT2D eigenvalue weighted by molar-refractivity contribution is 6.16. The average Bonchev–Trinajstić information content (AvgIpc) is 2.46. The lowest BCUT2D eigenvalue weighted by Crippen LogP contribution is -2.32. The number of anilines is 2. The van der Waals surface area contributed by atoms with E-state index in [1.54, 1.807) is 0 Å². The lowest BCUT2D eigenvalue weighted by Gasteiger charge is -2.28. The van der Waals surface area contributed by atoms with Crippen LogP contribution in [0.3, 0.4) is 0 Å². The average molecular weight is 276 g/mol. The van der Waals surface area contributed by atoms with Gasteiger partial charge < -0.3 is 10.6 Å². The maximum Gasteiger partial charge on any atom is 0.230 e. The molecule has 0 aliphatic carbocycles. The van der Waals surface area contributed by atoms with Crippen molar-refractivity contribution in [2.75, 3.05) is 17.2 Å². The number of halogens is 1. The zero-order chi connectivity index (χ0) is 13.2. The Morgan fingerprint density at radius 3 is 2.74 bits per heavy atom. The van der Waals surface area contributed by atoms with E-state index < -0.39 is 0 Å². The standard InChI is InChI=1S/C13H14ClN5/c14-7-11-16-12(15)18-13(17-11)19-6-5-9-3-1-2-4-10(9)8-19/h1-4H,5-8H2,(H2,15,16,17,18).